The Bertz CT molecular complexity index is 623. The highest BCUT2D eigenvalue weighted by Gasteiger charge is 2.14. The summed E-state index contributed by atoms with van der Waals surface area (Å²) >= 11 is 1.71. The quantitative estimate of drug-likeness (QED) is 0.883. The standard InChI is InChI=1S/C16H21N3OS/c1-10-9-17-16(21-10)12(3)18-11(2)14-6-5-7-15(8-14)19-13(4)20/h5-9,11-12,18H,1-4H3,(H,19,20). The summed E-state index contributed by atoms with van der Waals surface area (Å²) in [5, 5.41) is 7.45. The van der Waals surface area contributed by atoms with E-state index >= 15 is 0 Å². The molecule has 112 valence electrons. The summed E-state index contributed by atoms with van der Waals surface area (Å²) in [5.41, 5.74) is 1.97. The molecule has 0 aliphatic carbocycles. The molecule has 1 heterocycles. The number of aromatic nitrogens is 1. The van der Waals surface area contributed by atoms with Crippen LogP contribution in [-0.4, -0.2) is 10.9 Å². The molecule has 0 spiro atoms. The Morgan fingerprint density at radius 1 is 1.29 bits per heavy atom. The second kappa shape index (κ2) is 6.83. The fourth-order valence-corrected chi connectivity index (χ4v) is 2.99. The Kier molecular flexibility index (Phi) is 5.09. The third-order valence-corrected chi connectivity index (χ3v) is 4.31. The fourth-order valence-electron chi connectivity index (χ4n) is 2.20. The van der Waals surface area contributed by atoms with Crippen LogP contribution in [0.25, 0.3) is 0 Å². The first-order valence-corrected chi connectivity index (χ1v) is 7.83. The normalized spacial score (nSPS) is 13.7. The van der Waals surface area contributed by atoms with E-state index in [9.17, 15) is 4.79 Å². The van der Waals surface area contributed by atoms with Gasteiger partial charge in [-0.1, -0.05) is 12.1 Å². The highest BCUT2D eigenvalue weighted by molar-refractivity contribution is 7.11. The van der Waals surface area contributed by atoms with Gasteiger partial charge in [-0.05, 0) is 38.5 Å². The number of carbonyl (C=O) groups excluding carboxylic acids is 1. The Hall–Kier alpha value is -1.72. The lowest BCUT2D eigenvalue weighted by Gasteiger charge is -2.19. The number of aryl methyl sites for hydroxylation is 1. The van der Waals surface area contributed by atoms with Gasteiger partial charge >= 0.3 is 0 Å². The van der Waals surface area contributed by atoms with Crippen molar-refractivity contribution in [3.05, 3.63) is 45.9 Å². The van der Waals surface area contributed by atoms with Gasteiger partial charge in [0.05, 0.1) is 6.04 Å². The number of amides is 1. The van der Waals surface area contributed by atoms with E-state index in [1.807, 2.05) is 24.4 Å². The summed E-state index contributed by atoms with van der Waals surface area (Å²) in [6.07, 6.45) is 1.90. The molecular formula is C16H21N3OS. The van der Waals surface area contributed by atoms with Gasteiger partial charge in [0.25, 0.3) is 0 Å². The van der Waals surface area contributed by atoms with Gasteiger partial charge in [0.2, 0.25) is 5.91 Å². The molecule has 2 atom stereocenters. The van der Waals surface area contributed by atoms with Gasteiger partial charge in [-0.2, -0.15) is 0 Å². The van der Waals surface area contributed by atoms with Gasteiger partial charge in [0, 0.05) is 29.7 Å². The van der Waals surface area contributed by atoms with Crippen molar-refractivity contribution in [2.24, 2.45) is 0 Å². The van der Waals surface area contributed by atoms with Crippen LogP contribution in [0, 0.1) is 6.92 Å². The third-order valence-electron chi connectivity index (χ3n) is 3.22. The van der Waals surface area contributed by atoms with Crippen molar-refractivity contribution in [3.8, 4) is 0 Å². The van der Waals surface area contributed by atoms with Gasteiger partial charge in [-0.3, -0.25) is 4.79 Å². The van der Waals surface area contributed by atoms with E-state index in [1.165, 1.54) is 11.8 Å². The van der Waals surface area contributed by atoms with Crippen LogP contribution in [0.4, 0.5) is 5.69 Å². The van der Waals surface area contributed by atoms with Crippen molar-refractivity contribution in [2.45, 2.75) is 39.8 Å². The first-order valence-electron chi connectivity index (χ1n) is 7.01. The Labute approximate surface area is 129 Å². The predicted octanol–water partition coefficient (Wildman–Crippen LogP) is 3.82. The first-order chi connectivity index (χ1) is 9.95. The molecule has 5 heteroatoms. The average molecular weight is 303 g/mol. The molecule has 2 aromatic rings. The summed E-state index contributed by atoms with van der Waals surface area (Å²) in [6.45, 7) is 7.81. The van der Waals surface area contributed by atoms with Gasteiger partial charge in [0.1, 0.15) is 5.01 Å². The van der Waals surface area contributed by atoms with E-state index < -0.39 is 0 Å². The summed E-state index contributed by atoms with van der Waals surface area (Å²) in [5.74, 6) is -0.0561. The molecule has 21 heavy (non-hydrogen) atoms. The Morgan fingerprint density at radius 3 is 2.67 bits per heavy atom. The maximum Gasteiger partial charge on any atom is 0.221 e. The highest BCUT2D eigenvalue weighted by Crippen LogP contribution is 2.24. The second-order valence-electron chi connectivity index (χ2n) is 5.23. The zero-order valence-corrected chi connectivity index (χ0v) is 13.6. The minimum atomic E-state index is -0.0561. The van der Waals surface area contributed by atoms with E-state index in [0.717, 1.165) is 16.3 Å². The van der Waals surface area contributed by atoms with Crippen LogP contribution in [0.1, 0.15) is 48.3 Å². The molecule has 4 nitrogen and oxygen atoms in total. The van der Waals surface area contributed by atoms with Crippen LogP contribution in [0.5, 0.6) is 0 Å². The Morgan fingerprint density at radius 2 is 2.05 bits per heavy atom. The molecule has 0 fully saturated rings. The summed E-state index contributed by atoms with van der Waals surface area (Å²) in [6, 6.07) is 8.28. The molecule has 0 bridgehead atoms. The topological polar surface area (TPSA) is 54.0 Å². The molecule has 0 aliphatic heterocycles. The molecule has 0 radical (unpaired) electrons. The largest absolute Gasteiger partial charge is 0.326 e. The third kappa shape index (κ3) is 4.37. The van der Waals surface area contributed by atoms with Crippen molar-refractivity contribution in [1.82, 2.24) is 10.3 Å². The number of anilines is 1. The van der Waals surface area contributed by atoms with E-state index in [4.69, 9.17) is 0 Å². The molecule has 2 unspecified atom stereocenters. The van der Waals surface area contributed by atoms with Crippen LogP contribution < -0.4 is 10.6 Å². The number of carbonyl (C=O) groups is 1. The van der Waals surface area contributed by atoms with E-state index in [0.29, 0.717) is 0 Å². The number of nitrogens with zero attached hydrogens (tertiary/aromatic N) is 1. The molecule has 0 aliphatic rings. The predicted molar refractivity (Wildman–Crippen MR) is 87.6 cm³/mol. The van der Waals surface area contributed by atoms with Gasteiger partial charge < -0.3 is 10.6 Å². The van der Waals surface area contributed by atoms with E-state index in [1.54, 1.807) is 11.3 Å². The summed E-state index contributed by atoms with van der Waals surface area (Å²) in [7, 11) is 0. The molecule has 0 saturated heterocycles. The lowest BCUT2D eigenvalue weighted by Crippen LogP contribution is -2.22. The Balaban J connectivity index is 2.05. The molecule has 1 aromatic heterocycles. The molecule has 0 saturated carbocycles. The van der Waals surface area contributed by atoms with Crippen molar-refractivity contribution < 1.29 is 4.79 Å². The van der Waals surface area contributed by atoms with Crippen LogP contribution in [0.15, 0.2) is 30.5 Å². The van der Waals surface area contributed by atoms with Crippen molar-refractivity contribution >= 4 is 22.9 Å². The number of hydrogen-bond donors (Lipinski definition) is 2. The maximum absolute atomic E-state index is 11.1. The molecule has 1 aromatic carbocycles. The molecule has 1 amide bonds. The highest BCUT2D eigenvalue weighted by atomic mass is 32.1. The van der Waals surface area contributed by atoms with Gasteiger partial charge in [-0.15, -0.1) is 11.3 Å². The van der Waals surface area contributed by atoms with Crippen LogP contribution in [-0.2, 0) is 4.79 Å². The zero-order valence-electron chi connectivity index (χ0n) is 12.8. The first kappa shape index (κ1) is 15.7. The SMILES string of the molecule is CC(=O)Nc1cccc(C(C)NC(C)c2ncc(C)s2)c1. The van der Waals surface area contributed by atoms with E-state index in [2.05, 4.69) is 42.5 Å². The van der Waals surface area contributed by atoms with Gasteiger partial charge in [0.15, 0.2) is 0 Å². The summed E-state index contributed by atoms with van der Waals surface area (Å²) in [4.78, 5) is 16.8. The lowest BCUT2D eigenvalue weighted by molar-refractivity contribution is -0.114. The number of rotatable bonds is 5. The summed E-state index contributed by atoms with van der Waals surface area (Å²) < 4.78 is 0. The lowest BCUT2D eigenvalue weighted by atomic mass is 10.1. The zero-order chi connectivity index (χ0) is 15.4. The minimum absolute atomic E-state index is 0.0561. The average Bonchev–Trinajstić information content (AvgIpc) is 2.85. The maximum atomic E-state index is 11.1. The molecular weight excluding hydrogens is 282 g/mol. The number of nitrogens with one attached hydrogen (secondary N) is 2. The number of benzene rings is 1. The van der Waals surface area contributed by atoms with Crippen molar-refractivity contribution in [3.63, 3.8) is 0 Å². The smallest absolute Gasteiger partial charge is 0.221 e. The van der Waals surface area contributed by atoms with Gasteiger partial charge in [-0.25, -0.2) is 4.98 Å². The fraction of sp³-hybridized carbons (Fsp3) is 0.375. The van der Waals surface area contributed by atoms with Crippen molar-refractivity contribution in [1.29, 1.82) is 0 Å². The molecule has 2 N–H and O–H groups in total. The monoisotopic (exact) mass is 303 g/mol. The van der Waals surface area contributed by atoms with Crippen molar-refractivity contribution in [2.75, 3.05) is 5.32 Å². The number of thiazole rings is 1. The van der Waals surface area contributed by atoms with Crippen LogP contribution in [0.3, 0.4) is 0 Å². The van der Waals surface area contributed by atoms with Crippen LogP contribution in [0.2, 0.25) is 0 Å². The second-order valence-corrected chi connectivity index (χ2v) is 6.49. The molecule has 2 rings (SSSR count). The van der Waals surface area contributed by atoms with Crippen LogP contribution >= 0.6 is 11.3 Å². The minimum Gasteiger partial charge on any atom is -0.326 e. The number of hydrogen-bond acceptors (Lipinski definition) is 4. The van der Waals surface area contributed by atoms with E-state index in [-0.39, 0.29) is 18.0 Å².